The summed E-state index contributed by atoms with van der Waals surface area (Å²) in [5, 5.41) is 27.8. The number of allylic oxidation sites excluding steroid dienone is 2. The van der Waals surface area contributed by atoms with Crippen LogP contribution in [0.3, 0.4) is 0 Å². The second-order valence-electron chi connectivity index (χ2n) is 18.7. The number of hydrogen-bond acceptors (Lipinski definition) is 9. The molecule has 2 fully saturated rings. The molecule has 0 bridgehead atoms. The first-order valence-corrected chi connectivity index (χ1v) is 24.7. The molecule has 0 saturated carbocycles. The minimum absolute atomic E-state index is 0.107. The van der Waals surface area contributed by atoms with E-state index in [0.29, 0.717) is 33.6 Å². The number of ether oxygens (including phenoxy) is 2. The Hall–Kier alpha value is -7.82. The average Bonchev–Trinajstić information content (AvgIpc) is 3.88. The lowest BCUT2D eigenvalue weighted by molar-refractivity contribution is -0.178. The van der Waals surface area contributed by atoms with Crippen molar-refractivity contribution in [3.8, 4) is 17.6 Å². The van der Waals surface area contributed by atoms with Gasteiger partial charge in [0, 0.05) is 17.7 Å². The van der Waals surface area contributed by atoms with Crippen molar-refractivity contribution in [2.75, 3.05) is 24.7 Å². The molecule has 1 aliphatic carbocycles. The summed E-state index contributed by atoms with van der Waals surface area (Å²) in [6, 6.07) is 44.7. The molecule has 3 heterocycles. The van der Waals surface area contributed by atoms with Crippen LogP contribution in [0.15, 0.2) is 175 Å². The summed E-state index contributed by atoms with van der Waals surface area (Å²) in [6.07, 6.45) is 3.89. The Kier molecular flexibility index (Phi) is 13.9. The van der Waals surface area contributed by atoms with Gasteiger partial charge in [0.2, 0.25) is 11.8 Å². The highest BCUT2D eigenvalue weighted by Gasteiger charge is 2.76. The molecule has 0 radical (unpaired) electrons. The Labute approximate surface area is 419 Å². The van der Waals surface area contributed by atoms with Crippen molar-refractivity contribution >= 4 is 29.5 Å². The van der Waals surface area contributed by atoms with Crippen LogP contribution >= 0.6 is 0 Å². The highest BCUT2D eigenvalue weighted by Crippen LogP contribution is 2.66. The first-order chi connectivity index (χ1) is 35.2. The second kappa shape index (κ2) is 20.9. The summed E-state index contributed by atoms with van der Waals surface area (Å²) in [5.41, 5.74) is 3.14. The number of esters is 1. The molecule has 8 atom stereocenters. The van der Waals surface area contributed by atoms with E-state index < -0.39 is 71.5 Å². The predicted molar refractivity (Wildman–Crippen MR) is 272 cm³/mol. The quantitative estimate of drug-likeness (QED) is 0.0695. The third-order valence-electron chi connectivity index (χ3n) is 14.5. The summed E-state index contributed by atoms with van der Waals surface area (Å²) in [4.78, 5) is 66.6. The molecule has 0 aromatic heterocycles. The normalized spacial score (nSPS) is 23.1. The summed E-state index contributed by atoms with van der Waals surface area (Å²) in [6.45, 7) is 1.13. The Balaban J connectivity index is 1.25. The molecule has 1 spiro atoms. The van der Waals surface area contributed by atoms with Crippen LogP contribution in [-0.2, 0) is 24.5 Å². The van der Waals surface area contributed by atoms with E-state index in [0.717, 1.165) is 47.3 Å². The van der Waals surface area contributed by atoms with E-state index in [1.54, 1.807) is 60.7 Å². The molecule has 2 saturated heterocycles. The van der Waals surface area contributed by atoms with Crippen LogP contribution in [0, 0.1) is 17.8 Å². The second-order valence-corrected chi connectivity index (χ2v) is 18.7. The molecule has 6 aromatic carbocycles. The number of amides is 4. The van der Waals surface area contributed by atoms with Gasteiger partial charge in [-0.3, -0.25) is 19.3 Å². The maximum atomic E-state index is 16.8. The smallest absolute Gasteiger partial charge is 0.329 e. The molecule has 4 aliphatic rings. The number of cyclic esters (lactones) is 1. The Morgan fingerprint density at radius 1 is 0.792 bits per heavy atom. The van der Waals surface area contributed by atoms with E-state index in [1.807, 2.05) is 115 Å². The summed E-state index contributed by atoms with van der Waals surface area (Å²) < 4.78 is 13.0. The lowest BCUT2D eigenvalue weighted by Crippen LogP contribution is -2.56. The maximum Gasteiger partial charge on any atom is 0.329 e. The number of para-hydroxylation sites is 1. The van der Waals surface area contributed by atoms with Crippen LogP contribution in [0.4, 0.5) is 10.5 Å². The largest absolute Gasteiger partial charge is 0.491 e. The van der Waals surface area contributed by atoms with E-state index in [2.05, 4.69) is 28.6 Å². The number of morpholine rings is 1. The van der Waals surface area contributed by atoms with Gasteiger partial charge < -0.3 is 30.3 Å². The van der Waals surface area contributed by atoms with Gasteiger partial charge in [0.05, 0.1) is 42.4 Å². The average molecular weight is 961 g/mol. The standard InChI is InChI=1S/C60H56N4O8/c1-39(42-21-9-3-10-22-42)62-59(70)63-48-34-33-41(32-31-40-19-7-2-8-20-40)37-47(48)60(58(63)69)51(56(67)61-38-49(66)43-23-11-4-12-24-43)53-57(68)72-54(45-27-15-6-16-28-45)52(44-25-13-5-14-26-44)64(53)55(60)46-29-17-18-30-50(46)71-36-35-65/h3-6,9-19,21-30,33-34,37,39,49,51-55,65-66H,2,7-8,20,35-36,38H2,1H3,(H,61,67)(H,62,70). The van der Waals surface area contributed by atoms with E-state index >= 15 is 19.2 Å². The number of fused-ring (bicyclic) bond motifs is 3. The minimum atomic E-state index is -2.10. The molecule has 8 unspecified atom stereocenters. The van der Waals surface area contributed by atoms with Crippen molar-refractivity contribution in [1.82, 2.24) is 15.5 Å². The van der Waals surface area contributed by atoms with E-state index in [4.69, 9.17) is 9.47 Å². The molecule has 364 valence electrons. The minimum Gasteiger partial charge on any atom is -0.491 e. The van der Waals surface area contributed by atoms with Crippen molar-refractivity contribution in [2.45, 2.75) is 74.4 Å². The molecule has 4 amide bonds. The molecule has 6 aromatic rings. The van der Waals surface area contributed by atoms with Crippen LogP contribution in [-0.4, -0.2) is 64.7 Å². The van der Waals surface area contributed by atoms with Gasteiger partial charge >= 0.3 is 12.0 Å². The van der Waals surface area contributed by atoms with Gasteiger partial charge in [0.25, 0.3) is 0 Å². The molecule has 72 heavy (non-hydrogen) atoms. The fourth-order valence-electron chi connectivity index (χ4n) is 11.2. The number of benzene rings is 6. The first kappa shape index (κ1) is 47.8. The third kappa shape index (κ3) is 8.85. The molecular weight excluding hydrogens is 905 g/mol. The fraction of sp³-hybridized carbons (Fsp3) is 0.267. The number of urea groups is 1. The molecule has 12 heteroatoms. The number of anilines is 1. The number of nitrogens with zero attached hydrogens (tertiary/aromatic N) is 2. The van der Waals surface area contributed by atoms with E-state index in [-0.39, 0.29) is 25.4 Å². The van der Waals surface area contributed by atoms with Gasteiger partial charge in [0.1, 0.15) is 29.9 Å². The Bertz CT molecular complexity index is 3050. The zero-order valence-corrected chi connectivity index (χ0v) is 39.9. The number of aliphatic hydroxyl groups excluding tert-OH is 2. The topological polar surface area (TPSA) is 158 Å². The molecule has 3 aliphatic heterocycles. The van der Waals surface area contributed by atoms with E-state index in [1.165, 1.54) is 0 Å². The van der Waals surface area contributed by atoms with Gasteiger partial charge in [-0.1, -0.05) is 157 Å². The lowest BCUT2D eigenvalue weighted by atomic mass is 9.65. The Morgan fingerprint density at radius 3 is 2.12 bits per heavy atom. The lowest BCUT2D eigenvalue weighted by Gasteiger charge is -2.46. The SMILES string of the molecule is CC(NC(=O)N1C(=O)C2(c3cc(C#CC4=CCCCC4)ccc31)C(C(=O)NCC(O)c1ccccc1)C1C(=O)OC(c3ccccc3)C(c3ccccc3)N1C2c1ccccc1OCCO)c1ccccc1. The van der Waals surface area contributed by atoms with Crippen molar-refractivity contribution in [1.29, 1.82) is 0 Å². The third-order valence-corrected chi connectivity index (χ3v) is 14.5. The first-order valence-electron chi connectivity index (χ1n) is 24.7. The van der Waals surface area contributed by atoms with E-state index in [9.17, 15) is 10.2 Å². The van der Waals surface area contributed by atoms with Crippen LogP contribution in [0.1, 0.15) is 102 Å². The Morgan fingerprint density at radius 2 is 1.44 bits per heavy atom. The van der Waals surface area contributed by atoms with Gasteiger partial charge in [-0.25, -0.2) is 9.69 Å². The van der Waals surface area contributed by atoms with Crippen molar-refractivity contribution in [3.05, 3.63) is 214 Å². The maximum absolute atomic E-state index is 16.8. The van der Waals surface area contributed by atoms with Crippen molar-refractivity contribution < 1.29 is 38.9 Å². The number of rotatable bonds is 12. The van der Waals surface area contributed by atoms with Gasteiger partial charge in [-0.15, -0.1) is 0 Å². The van der Waals surface area contributed by atoms with Gasteiger partial charge in [0.15, 0.2) is 0 Å². The number of hydrogen-bond donors (Lipinski definition) is 4. The summed E-state index contributed by atoms with van der Waals surface area (Å²) in [5.74, 6) is 3.17. The van der Waals surface area contributed by atoms with Crippen LogP contribution < -0.4 is 20.3 Å². The number of nitrogens with one attached hydrogen (secondary N) is 2. The van der Waals surface area contributed by atoms with Crippen LogP contribution in [0.2, 0.25) is 0 Å². The molecule has 10 rings (SSSR count). The monoisotopic (exact) mass is 960 g/mol. The molecule has 12 nitrogen and oxygen atoms in total. The number of carbonyl (C=O) groups is 4. The zero-order chi connectivity index (χ0) is 49.8. The highest BCUT2D eigenvalue weighted by atomic mass is 16.6. The van der Waals surface area contributed by atoms with Gasteiger partial charge in [-0.05, 0) is 90.3 Å². The van der Waals surface area contributed by atoms with Crippen LogP contribution in [0.25, 0.3) is 0 Å². The number of aliphatic hydroxyl groups is 2. The van der Waals surface area contributed by atoms with Gasteiger partial charge in [-0.2, -0.15) is 0 Å². The summed E-state index contributed by atoms with van der Waals surface area (Å²) in [7, 11) is 0. The summed E-state index contributed by atoms with van der Waals surface area (Å²) >= 11 is 0. The van der Waals surface area contributed by atoms with Crippen molar-refractivity contribution in [2.24, 2.45) is 5.92 Å². The molecular formula is C60H56N4O8. The molecule has 4 N–H and O–H groups in total. The number of imide groups is 1. The zero-order valence-electron chi connectivity index (χ0n) is 39.9. The van der Waals surface area contributed by atoms with Crippen LogP contribution in [0.5, 0.6) is 5.75 Å². The predicted octanol–water partition coefficient (Wildman–Crippen LogP) is 8.90. The number of carbonyl (C=O) groups excluding carboxylic acids is 4. The fourth-order valence-corrected chi connectivity index (χ4v) is 11.2. The van der Waals surface area contributed by atoms with Crippen molar-refractivity contribution in [3.63, 3.8) is 0 Å². The highest BCUT2D eigenvalue weighted by molar-refractivity contribution is 6.24.